The lowest BCUT2D eigenvalue weighted by atomic mass is 9.92. The summed E-state index contributed by atoms with van der Waals surface area (Å²) in [6.07, 6.45) is 1.60. The summed E-state index contributed by atoms with van der Waals surface area (Å²) in [4.78, 5) is 31.3. The fraction of sp³-hybridized carbons (Fsp3) is 0.520. The van der Waals surface area contributed by atoms with Crippen molar-refractivity contribution in [1.29, 1.82) is 0 Å². The molecule has 1 aliphatic heterocycles. The topological polar surface area (TPSA) is 49.9 Å². The molecule has 3 rings (SSSR count). The molecule has 0 saturated carbocycles. The van der Waals surface area contributed by atoms with Gasteiger partial charge in [0.2, 0.25) is 11.8 Å². The van der Waals surface area contributed by atoms with Crippen LogP contribution in [0.4, 0.5) is 0 Å². The minimum absolute atomic E-state index is 0.00725. The molecule has 0 bridgehead atoms. The van der Waals surface area contributed by atoms with Crippen molar-refractivity contribution in [3.8, 4) is 0 Å². The molecule has 1 atom stereocenters. The number of carbonyl (C=O) groups excluding carboxylic acids is 2. The van der Waals surface area contributed by atoms with Crippen LogP contribution in [0.15, 0.2) is 35.7 Å². The van der Waals surface area contributed by atoms with Crippen LogP contribution < -0.4 is 0 Å². The molecule has 168 valence electrons. The van der Waals surface area contributed by atoms with E-state index >= 15 is 0 Å². The number of ether oxygens (including phenoxy) is 1. The lowest BCUT2D eigenvalue weighted by Crippen LogP contribution is -2.47. The molecule has 6 heteroatoms. The van der Waals surface area contributed by atoms with Gasteiger partial charge in [0.1, 0.15) is 0 Å². The Morgan fingerprint density at radius 3 is 2.65 bits per heavy atom. The van der Waals surface area contributed by atoms with Crippen LogP contribution in [0.3, 0.4) is 0 Å². The van der Waals surface area contributed by atoms with Gasteiger partial charge in [-0.15, -0.1) is 11.3 Å². The molecule has 2 amide bonds. The average molecular weight is 443 g/mol. The smallest absolute Gasteiger partial charge is 0.242 e. The lowest BCUT2D eigenvalue weighted by Gasteiger charge is -2.38. The van der Waals surface area contributed by atoms with Gasteiger partial charge in [-0.1, -0.05) is 43.7 Å². The van der Waals surface area contributed by atoms with Crippen molar-refractivity contribution >= 4 is 23.2 Å². The predicted molar refractivity (Wildman–Crippen MR) is 125 cm³/mol. The molecule has 1 unspecified atom stereocenters. The number of benzene rings is 1. The number of rotatable bonds is 9. The van der Waals surface area contributed by atoms with Crippen LogP contribution in [0, 0.1) is 12.8 Å². The SMILES string of the molecule is CCOCCCN(CC(=O)N1CCc2sccc2C1c1ccc(C)cc1)C(=O)C(C)C. The Kier molecular flexibility index (Phi) is 8.27. The fourth-order valence-corrected chi connectivity index (χ4v) is 4.99. The quantitative estimate of drug-likeness (QED) is 0.540. The summed E-state index contributed by atoms with van der Waals surface area (Å²) in [6.45, 7) is 10.4. The summed E-state index contributed by atoms with van der Waals surface area (Å²) >= 11 is 1.76. The first-order chi connectivity index (χ1) is 14.9. The van der Waals surface area contributed by atoms with E-state index < -0.39 is 0 Å². The van der Waals surface area contributed by atoms with Crippen molar-refractivity contribution in [2.24, 2.45) is 5.92 Å². The van der Waals surface area contributed by atoms with Gasteiger partial charge in [0, 0.05) is 37.1 Å². The van der Waals surface area contributed by atoms with E-state index in [1.54, 1.807) is 16.2 Å². The minimum Gasteiger partial charge on any atom is -0.382 e. The summed E-state index contributed by atoms with van der Waals surface area (Å²) in [5.41, 5.74) is 3.54. The molecule has 0 fully saturated rings. The third kappa shape index (κ3) is 5.74. The van der Waals surface area contributed by atoms with E-state index in [0.717, 1.165) is 18.4 Å². The Morgan fingerprint density at radius 2 is 1.97 bits per heavy atom. The molecule has 2 heterocycles. The van der Waals surface area contributed by atoms with E-state index in [2.05, 4.69) is 42.6 Å². The van der Waals surface area contributed by atoms with E-state index in [1.807, 2.05) is 25.7 Å². The third-order valence-corrected chi connectivity index (χ3v) is 6.73. The third-order valence-electron chi connectivity index (χ3n) is 5.73. The molecule has 0 N–H and O–H groups in total. The first-order valence-electron chi connectivity index (χ1n) is 11.2. The summed E-state index contributed by atoms with van der Waals surface area (Å²) in [5, 5.41) is 2.11. The van der Waals surface area contributed by atoms with Gasteiger partial charge in [0.15, 0.2) is 0 Å². The van der Waals surface area contributed by atoms with Gasteiger partial charge < -0.3 is 14.5 Å². The van der Waals surface area contributed by atoms with Gasteiger partial charge in [0.05, 0.1) is 12.6 Å². The van der Waals surface area contributed by atoms with Gasteiger partial charge in [0.25, 0.3) is 0 Å². The van der Waals surface area contributed by atoms with E-state index in [9.17, 15) is 9.59 Å². The van der Waals surface area contributed by atoms with Gasteiger partial charge in [-0.3, -0.25) is 9.59 Å². The predicted octanol–water partition coefficient (Wildman–Crippen LogP) is 4.44. The summed E-state index contributed by atoms with van der Waals surface area (Å²) in [7, 11) is 0. The van der Waals surface area contributed by atoms with Crippen LogP contribution in [-0.4, -0.2) is 54.5 Å². The highest BCUT2D eigenvalue weighted by atomic mass is 32.1. The Morgan fingerprint density at radius 1 is 1.23 bits per heavy atom. The maximum Gasteiger partial charge on any atom is 0.242 e. The average Bonchev–Trinajstić information content (AvgIpc) is 3.24. The van der Waals surface area contributed by atoms with Crippen LogP contribution in [0.1, 0.15) is 54.8 Å². The Labute approximate surface area is 190 Å². The van der Waals surface area contributed by atoms with Crippen molar-refractivity contribution in [3.05, 3.63) is 57.3 Å². The standard InChI is InChI=1S/C25H34N2O3S/c1-5-30-15-6-13-26(25(29)18(2)3)17-23(28)27-14-11-22-21(12-16-31-22)24(27)20-9-7-19(4)8-10-20/h7-10,12,16,18,24H,5-6,11,13-15,17H2,1-4H3. The van der Waals surface area contributed by atoms with Crippen LogP contribution in [0.2, 0.25) is 0 Å². The van der Waals surface area contributed by atoms with E-state index in [4.69, 9.17) is 4.74 Å². The Hall–Kier alpha value is -2.18. The largest absolute Gasteiger partial charge is 0.382 e. The highest BCUT2D eigenvalue weighted by molar-refractivity contribution is 7.10. The molecule has 2 aromatic rings. The van der Waals surface area contributed by atoms with Gasteiger partial charge in [-0.05, 0) is 49.3 Å². The number of hydrogen-bond acceptors (Lipinski definition) is 4. The zero-order valence-corrected chi connectivity index (χ0v) is 19.9. The molecule has 1 aromatic carbocycles. The van der Waals surface area contributed by atoms with Gasteiger partial charge in [-0.25, -0.2) is 0 Å². The zero-order valence-electron chi connectivity index (χ0n) is 19.1. The van der Waals surface area contributed by atoms with Crippen molar-refractivity contribution in [2.75, 3.05) is 32.8 Å². The maximum atomic E-state index is 13.5. The van der Waals surface area contributed by atoms with Gasteiger partial charge in [-0.2, -0.15) is 0 Å². The highest BCUT2D eigenvalue weighted by Gasteiger charge is 2.34. The van der Waals surface area contributed by atoms with Crippen LogP contribution in [-0.2, 0) is 20.7 Å². The van der Waals surface area contributed by atoms with Crippen LogP contribution >= 0.6 is 11.3 Å². The zero-order chi connectivity index (χ0) is 22.4. The fourth-order valence-electron chi connectivity index (χ4n) is 4.08. The number of carbonyl (C=O) groups is 2. The first-order valence-corrected chi connectivity index (χ1v) is 12.1. The number of amides is 2. The number of nitrogens with zero attached hydrogens (tertiary/aromatic N) is 2. The summed E-state index contributed by atoms with van der Waals surface area (Å²) < 4.78 is 5.43. The Bertz CT molecular complexity index is 875. The van der Waals surface area contributed by atoms with Crippen molar-refractivity contribution in [3.63, 3.8) is 0 Å². The van der Waals surface area contributed by atoms with Crippen molar-refractivity contribution in [1.82, 2.24) is 9.80 Å². The van der Waals surface area contributed by atoms with E-state index in [1.165, 1.54) is 16.0 Å². The molecule has 0 spiro atoms. The van der Waals surface area contributed by atoms with Crippen molar-refractivity contribution < 1.29 is 14.3 Å². The first kappa shape index (κ1) is 23.5. The molecule has 0 aliphatic carbocycles. The molecular formula is C25H34N2O3S. The normalized spacial score (nSPS) is 15.8. The number of thiophene rings is 1. The molecule has 1 aliphatic rings. The molecular weight excluding hydrogens is 408 g/mol. The monoisotopic (exact) mass is 442 g/mol. The minimum atomic E-state index is -0.141. The number of fused-ring (bicyclic) bond motifs is 1. The second-order valence-electron chi connectivity index (χ2n) is 8.41. The van der Waals surface area contributed by atoms with E-state index in [0.29, 0.717) is 26.3 Å². The number of aryl methyl sites for hydroxylation is 1. The summed E-state index contributed by atoms with van der Waals surface area (Å²) in [6, 6.07) is 10.5. The highest BCUT2D eigenvalue weighted by Crippen LogP contribution is 2.38. The van der Waals surface area contributed by atoms with Crippen molar-refractivity contribution in [2.45, 2.75) is 46.6 Å². The number of hydrogen-bond donors (Lipinski definition) is 0. The second kappa shape index (κ2) is 10.9. The van der Waals surface area contributed by atoms with Crippen LogP contribution in [0.5, 0.6) is 0 Å². The van der Waals surface area contributed by atoms with Gasteiger partial charge >= 0.3 is 0 Å². The summed E-state index contributed by atoms with van der Waals surface area (Å²) in [5.74, 6) is -0.115. The second-order valence-corrected chi connectivity index (χ2v) is 9.42. The molecule has 0 radical (unpaired) electrons. The molecule has 0 saturated heterocycles. The molecule has 5 nitrogen and oxygen atoms in total. The molecule has 31 heavy (non-hydrogen) atoms. The van der Waals surface area contributed by atoms with Crippen LogP contribution in [0.25, 0.3) is 0 Å². The lowest BCUT2D eigenvalue weighted by molar-refractivity contribution is -0.143. The Balaban J connectivity index is 1.81. The maximum absolute atomic E-state index is 13.5. The van der Waals surface area contributed by atoms with E-state index in [-0.39, 0.29) is 30.3 Å². The molecule has 1 aromatic heterocycles.